The predicted molar refractivity (Wildman–Crippen MR) is 226 cm³/mol. The van der Waals surface area contributed by atoms with Gasteiger partial charge in [-0.15, -0.1) is 0 Å². The van der Waals surface area contributed by atoms with Crippen LogP contribution in [0.25, 0.3) is 0 Å². The van der Waals surface area contributed by atoms with Crippen molar-refractivity contribution in [1.82, 2.24) is 0 Å². The Morgan fingerprint density at radius 1 is 0.552 bits per heavy atom. The van der Waals surface area contributed by atoms with E-state index in [1.807, 2.05) is 36.5 Å². The fourth-order valence-corrected chi connectivity index (χ4v) is 6.27. The largest absolute Gasteiger partial charge is 0.472 e. The number of ketones is 1. The van der Waals surface area contributed by atoms with Gasteiger partial charge in [-0.1, -0.05) is 120 Å². The Morgan fingerprint density at radius 3 is 1.76 bits per heavy atom. The monoisotopic (exact) mass is 862 g/mol. The fourth-order valence-electron chi connectivity index (χ4n) is 5.11. The Labute approximate surface area is 347 Å². The second-order valence-corrected chi connectivity index (χ2v) is 16.6. The number of ether oxygens (including phenoxy) is 2. The van der Waals surface area contributed by atoms with Crippen LogP contribution in [0.5, 0.6) is 0 Å². The van der Waals surface area contributed by atoms with Crippen LogP contribution < -0.4 is 0 Å². The SMILES string of the molecule is CCCCCC/C=C\CCCCCCCC(=O)OC[C@H](COP(=O)(O)OC[C@@H](O)COP(=O)(O)O)OC(=O)CCC/C=C\C/C=C\C/C=C\C=C\C(=O)CCCCC. The number of hydrogen-bond donors (Lipinski definition) is 4. The minimum Gasteiger partial charge on any atom is -0.462 e. The van der Waals surface area contributed by atoms with E-state index in [0.717, 1.165) is 64.2 Å². The summed E-state index contributed by atoms with van der Waals surface area (Å²) in [5.41, 5.74) is 0. The number of aliphatic hydroxyl groups is 1. The van der Waals surface area contributed by atoms with E-state index in [1.165, 1.54) is 25.7 Å². The minimum atomic E-state index is -4.88. The van der Waals surface area contributed by atoms with Crippen LogP contribution >= 0.6 is 15.6 Å². The van der Waals surface area contributed by atoms with Gasteiger partial charge in [-0.05, 0) is 70.3 Å². The second kappa shape index (κ2) is 37.5. The number of aliphatic hydroxyl groups excluding tert-OH is 1. The van der Waals surface area contributed by atoms with Crippen LogP contribution in [-0.2, 0) is 46.6 Å². The highest BCUT2D eigenvalue weighted by Crippen LogP contribution is 2.43. The van der Waals surface area contributed by atoms with Crippen LogP contribution in [0.2, 0.25) is 0 Å². The Morgan fingerprint density at radius 2 is 1.07 bits per heavy atom. The highest BCUT2D eigenvalue weighted by Gasteiger charge is 2.28. The van der Waals surface area contributed by atoms with Crippen molar-refractivity contribution in [1.29, 1.82) is 0 Å². The average Bonchev–Trinajstić information content (AvgIpc) is 3.17. The van der Waals surface area contributed by atoms with Crippen LogP contribution in [0.3, 0.4) is 0 Å². The number of allylic oxidation sites excluding steroid dienone is 10. The molecule has 16 heteroatoms. The number of unbranched alkanes of at least 4 members (excludes halogenated alkanes) is 12. The van der Waals surface area contributed by atoms with Gasteiger partial charge in [0, 0.05) is 19.3 Å². The molecule has 4 N–H and O–H groups in total. The zero-order valence-electron chi connectivity index (χ0n) is 34.9. The maximum atomic E-state index is 12.6. The van der Waals surface area contributed by atoms with Crippen molar-refractivity contribution < 1.29 is 66.3 Å². The molecule has 0 aromatic carbocycles. The highest BCUT2D eigenvalue weighted by atomic mass is 31.2. The van der Waals surface area contributed by atoms with Crippen molar-refractivity contribution in [3.8, 4) is 0 Å². The van der Waals surface area contributed by atoms with Gasteiger partial charge in [-0.2, -0.15) is 0 Å². The fraction of sp³-hybridized carbons (Fsp3) is 0.690. The second-order valence-electron chi connectivity index (χ2n) is 13.9. The molecule has 0 amide bonds. The Balaban J connectivity index is 4.71. The van der Waals surface area contributed by atoms with Crippen LogP contribution in [0, 0.1) is 0 Å². The highest BCUT2D eigenvalue weighted by molar-refractivity contribution is 7.47. The Kier molecular flexibility index (Phi) is 35.9. The minimum absolute atomic E-state index is 0.0256. The van der Waals surface area contributed by atoms with Gasteiger partial charge in [0.2, 0.25) is 0 Å². The molecule has 0 radical (unpaired) electrons. The van der Waals surface area contributed by atoms with Crippen LogP contribution in [0.1, 0.15) is 149 Å². The standard InChI is InChI=1S/C42H72O14P2/c1-3-5-7-8-9-10-11-12-15-18-21-24-28-32-41(45)52-36-40(37-55-58(50,51)54-35-39(44)34-53-57(47,48)49)56-42(46)33-29-25-22-19-16-13-14-17-20-23-27-31-38(43)30-26-6-4-2/h10-11,13-14,19-20,22-23,27,31,39-40,44H,3-9,12,15-18,21,24-26,28-30,32-37H2,1-2H3,(H,50,51)(H2,47,48,49)/b11-10-,14-13-,22-19-,23-20-,31-27+/t39-,40+/m0/s1. The molecule has 0 spiro atoms. The predicted octanol–water partition coefficient (Wildman–Crippen LogP) is 9.63. The molecule has 0 aliphatic heterocycles. The number of carbonyl (C=O) groups excluding carboxylic acids is 3. The van der Waals surface area contributed by atoms with E-state index in [-0.39, 0.29) is 18.6 Å². The maximum absolute atomic E-state index is 12.6. The van der Waals surface area contributed by atoms with Gasteiger partial charge in [-0.25, -0.2) is 9.13 Å². The first kappa shape index (κ1) is 55.5. The zero-order valence-corrected chi connectivity index (χ0v) is 36.7. The first-order chi connectivity index (χ1) is 27.8. The van der Waals surface area contributed by atoms with E-state index in [1.54, 1.807) is 12.2 Å². The molecule has 0 aliphatic carbocycles. The van der Waals surface area contributed by atoms with E-state index < -0.39 is 66.2 Å². The molecule has 0 aliphatic rings. The third-order valence-electron chi connectivity index (χ3n) is 8.35. The molecule has 14 nitrogen and oxygen atoms in total. The molecule has 0 rings (SSSR count). The van der Waals surface area contributed by atoms with Gasteiger partial charge < -0.3 is 29.3 Å². The number of rotatable bonds is 39. The summed E-state index contributed by atoms with van der Waals surface area (Å²) in [7, 11) is -9.71. The molecule has 0 saturated carbocycles. The number of carbonyl (C=O) groups is 3. The van der Waals surface area contributed by atoms with Crippen molar-refractivity contribution >= 4 is 33.4 Å². The summed E-state index contributed by atoms with van der Waals surface area (Å²) in [6, 6.07) is 0. The van der Waals surface area contributed by atoms with Crippen LogP contribution in [0.15, 0.2) is 60.8 Å². The third-order valence-corrected chi connectivity index (χ3v) is 9.78. The van der Waals surface area contributed by atoms with Gasteiger partial charge in [0.15, 0.2) is 11.9 Å². The lowest BCUT2D eigenvalue weighted by molar-refractivity contribution is -0.161. The number of phosphoric acid groups is 2. The number of esters is 2. The number of phosphoric ester groups is 2. The molecule has 0 aromatic heterocycles. The molecule has 0 heterocycles. The van der Waals surface area contributed by atoms with Crippen molar-refractivity contribution in [3.05, 3.63) is 60.8 Å². The lowest BCUT2D eigenvalue weighted by Crippen LogP contribution is -2.29. The van der Waals surface area contributed by atoms with E-state index in [2.05, 4.69) is 35.0 Å². The molecule has 0 saturated heterocycles. The molecule has 58 heavy (non-hydrogen) atoms. The summed E-state index contributed by atoms with van der Waals surface area (Å²) in [6.45, 7) is 1.47. The normalized spacial score (nSPS) is 14.6. The van der Waals surface area contributed by atoms with E-state index in [4.69, 9.17) is 23.8 Å². The quantitative estimate of drug-likeness (QED) is 0.0113. The van der Waals surface area contributed by atoms with Crippen LogP contribution in [0.4, 0.5) is 0 Å². The lowest BCUT2D eigenvalue weighted by Gasteiger charge is -2.20. The molecule has 1 unspecified atom stereocenters. The molecule has 0 aromatic rings. The summed E-state index contributed by atoms with van der Waals surface area (Å²) >= 11 is 0. The topological polar surface area (TPSA) is 212 Å². The third kappa shape index (κ3) is 40.3. The summed E-state index contributed by atoms with van der Waals surface area (Å²) in [5.74, 6) is -1.01. The van der Waals surface area contributed by atoms with Crippen LogP contribution in [-0.4, -0.2) is 76.1 Å². The number of hydrogen-bond acceptors (Lipinski definition) is 11. The van der Waals surface area contributed by atoms with Gasteiger partial charge >= 0.3 is 27.6 Å². The van der Waals surface area contributed by atoms with E-state index in [0.29, 0.717) is 32.1 Å². The molecule has 3 atom stereocenters. The summed E-state index contributed by atoms with van der Waals surface area (Å²) in [5, 5.41) is 9.73. The summed E-state index contributed by atoms with van der Waals surface area (Å²) < 4.78 is 47.6. The van der Waals surface area contributed by atoms with Gasteiger partial charge in [0.05, 0.1) is 19.8 Å². The lowest BCUT2D eigenvalue weighted by atomic mass is 10.1. The van der Waals surface area contributed by atoms with E-state index >= 15 is 0 Å². The van der Waals surface area contributed by atoms with Gasteiger partial charge in [0.25, 0.3) is 0 Å². The molecular weight excluding hydrogens is 790 g/mol. The van der Waals surface area contributed by atoms with Crippen molar-refractivity contribution in [2.24, 2.45) is 0 Å². The van der Waals surface area contributed by atoms with Crippen molar-refractivity contribution in [3.63, 3.8) is 0 Å². The first-order valence-electron chi connectivity index (χ1n) is 20.9. The van der Waals surface area contributed by atoms with Crippen molar-refractivity contribution in [2.45, 2.75) is 161 Å². The maximum Gasteiger partial charge on any atom is 0.472 e. The molecule has 0 bridgehead atoms. The van der Waals surface area contributed by atoms with Gasteiger partial charge in [-0.3, -0.25) is 28.0 Å². The smallest absolute Gasteiger partial charge is 0.462 e. The Hall–Kier alpha value is -2.51. The van der Waals surface area contributed by atoms with Gasteiger partial charge in [0.1, 0.15) is 12.7 Å². The van der Waals surface area contributed by atoms with Crippen molar-refractivity contribution in [2.75, 3.05) is 26.4 Å². The summed E-state index contributed by atoms with van der Waals surface area (Å²) in [6.07, 6.45) is 34.9. The average molecular weight is 863 g/mol. The van der Waals surface area contributed by atoms with E-state index in [9.17, 15) is 33.5 Å². The summed E-state index contributed by atoms with van der Waals surface area (Å²) in [4.78, 5) is 64.3. The molecule has 0 fully saturated rings. The zero-order chi connectivity index (χ0) is 43.2. The molecular formula is C42H72O14P2. The molecule has 334 valence electrons. The first-order valence-corrected chi connectivity index (χ1v) is 24.0. The Bertz CT molecular complexity index is 1320.